The Hall–Kier alpha value is -1.36. The van der Waals surface area contributed by atoms with Crippen LogP contribution >= 0.6 is 11.3 Å². The number of thiophene rings is 1. The van der Waals surface area contributed by atoms with Gasteiger partial charge in [-0.05, 0) is 50.0 Å². The van der Waals surface area contributed by atoms with Crippen molar-refractivity contribution >= 4 is 27.5 Å². The summed E-state index contributed by atoms with van der Waals surface area (Å²) in [6, 6.07) is 0. The molecule has 0 aromatic carbocycles. The van der Waals surface area contributed by atoms with Crippen LogP contribution in [0.15, 0.2) is 4.79 Å². The first-order valence-corrected chi connectivity index (χ1v) is 9.72. The molecule has 0 atom stereocenters. The Balaban J connectivity index is 2.05. The van der Waals surface area contributed by atoms with Crippen LogP contribution in [0.4, 0.5) is 5.95 Å². The second-order valence-electron chi connectivity index (χ2n) is 6.89. The standard InChI is InChI=1S/C18H27N3OS/c1-4-11-21-17(22)15-13-7-5-6-8-14(13)23-16(15)20-18(21)19-10-9-12(2)3/h12H,4-11H2,1-3H3,(H,19,20). The number of hydrogen-bond donors (Lipinski definition) is 1. The second kappa shape index (κ2) is 7.04. The van der Waals surface area contributed by atoms with Crippen molar-refractivity contribution in [2.24, 2.45) is 5.92 Å². The van der Waals surface area contributed by atoms with E-state index in [9.17, 15) is 4.79 Å². The summed E-state index contributed by atoms with van der Waals surface area (Å²) >= 11 is 1.73. The maximum atomic E-state index is 13.1. The van der Waals surface area contributed by atoms with E-state index < -0.39 is 0 Å². The number of nitrogens with one attached hydrogen (secondary N) is 1. The molecule has 2 heterocycles. The zero-order chi connectivity index (χ0) is 16.4. The molecule has 0 aliphatic heterocycles. The Morgan fingerprint density at radius 1 is 1.30 bits per heavy atom. The summed E-state index contributed by atoms with van der Waals surface area (Å²) < 4.78 is 1.85. The predicted octanol–water partition coefficient (Wildman–Crippen LogP) is 4.20. The summed E-state index contributed by atoms with van der Waals surface area (Å²) in [5.74, 6) is 1.40. The van der Waals surface area contributed by atoms with Gasteiger partial charge >= 0.3 is 0 Å². The van der Waals surface area contributed by atoms with Gasteiger partial charge in [-0.15, -0.1) is 11.3 Å². The van der Waals surface area contributed by atoms with Crippen LogP contribution in [-0.4, -0.2) is 16.1 Å². The number of aromatic nitrogens is 2. The molecule has 2 aromatic rings. The molecule has 0 bridgehead atoms. The SMILES string of the molecule is CCCn1c(NCCC(C)C)nc2sc3c(c2c1=O)CCCC3. The summed E-state index contributed by atoms with van der Waals surface area (Å²) in [6.07, 6.45) is 6.61. The van der Waals surface area contributed by atoms with Crippen LogP contribution in [0.1, 0.15) is 56.9 Å². The topological polar surface area (TPSA) is 46.9 Å². The smallest absolute Gasteiger partial charge is 0.263 e. The molecular formula is C18H27N3OS. The average molecular weight is 334 g/mol. The van der Waals surface area contributed by atoms with Crippen LogP contribution in [0.25, 0.3) is 10.2 Å². The molecule has 0 fully saturated rings. The largest absolute Gasteiger partial charge is 0.356 e. The Morgan fingerprint density at radius 2 is 2.09 bits per heavy atom. The fourth-order valence-electron chi connectivity index (χ4n) is 3.28. The van der Waals surface area contributed by atoms with E-state index in [2.05, 4.69) is 26.1 Å². The lowest BCUT2D eigenvalue weighted by Crippen LogP contribution is -2.26. The molecule has 0 unspecified atom stereocenters. The van der Waals surface area contributed by atoms with E-state index >= 15 is 0 Å². The Labute approximate surface area is 141 Å². The van der Waals surface area contributed by atoms with E-state index in [-0.39, 0.29) is 5.56 Å². The van der Waals surface area contributed by atoms with Crippen molar-refractivity contribution in [2.45, 2.75) is 65.8 Å². The predicted molar refractivity (Wildman–Crippen MR) is 98.8 cm³/mol. The van der Waals surface area contributed by atoms with E-state index in [4.69, 9.17) is 4.98 Å². The molecule has 2 aromatic heterocycles. The zero-order valence-corrected chi connectivity index (χ0v) is 15.3. The van der Waals surface area contributed by atoms with Gasteiger partial charge in [0.05, 0.1) is 5.39 Å². The van der Waals surface area contributed by atoms with Crippen molar-refractivity contribution in [3.63, 3.8) is 0 Å². The van der Waals surface area contributed by atoms with Crippen LogP contribution in [0.3, 0.4) is 0 Å². The van der Waals surface area contributed by atoms with Crippen molar-refractivity contribution in [3.8, 4) is 0 Å². The number of aryl methyl sites for hydroxylation is 2. The first kappa shape index (κ1) is 16.5. The lowest BCUT2D eigenvalue weighted by molar-refractivity contribution is 0.597. The molecule has 0 spiro atoms. The molecule has 3 rings (SSSR count). The van der Waals surface area contributed by atoms with E-state index in [1.165, 1.54) is 23.3 Å². The normalized spacial score (nSPS) is 14.4. The first-order chi connectivity index (χ1) is 11.1. The average Bonchev–Trinajstić information content (AvgIpc) is 2.89. The minimum atomic E-state index is 0.156. The van der Waals surface area contributed by atoms with E-state index in [0.717, 1.165) is 54.9 Å². The van der Waals surface area contributed by atoms with Gasteiger partial charge in [0.1, 0.15) is 4.83 Å². The lowest BCUT2D eigenvalue weighted by atomic mass is 9.97. The van der Waals surface area contributed by atoms with Crippen LogP contribution < -0.4 is 10.9 Å². The van der Waals surface area contributed by atoms with Gasteiger partial charge in [0, 0.05) is 18.0 Å². The zero-order valence-electron chi connectivity index (χ0n) is 14.4. The van der Waals surface area contributed by atoms with Crippen LogP contribution in [0.5, 0.6) is 0 Å². The summed E-state index contributed by atoms with van der Waals surface area (Å²) in [4.78, 5) is 20.2. The molecule has 0 radical (unpaired) electrons. The van der Waals surface area contributed by atoms with Crippen molar-refractivity contribution in [1.29, 1.82) is 0 Å². The van der Waals surface area contributed by atoms with Gasteiger partial charge in [-0.1, -0.05) is 20.8 Å². The van der Waals surface area contributed by atoms with Gasteiger partial charge in [-0.25, -0.2) is 4.98 Å². The number of hydrogen-bond acceptors (Lipinski definition) is 4. The van der Waals surface area contributed by atoms with Gasteiger partial charge in [-0.2, -0.15) is 0 Å². The maximum Gasteiger partial charge on any atom is 0.263 e. The highest BCUT2D eigenvalue weighted by Crippen LogP contribution is 2.34. The molecule has 5 heteroatoms. The monoisotopic (exact) mass is 333 g/mol. The molecule has 126 valence electrons. The third kappa shape index (κ3) is 3.30. The minimum Gasteiger partial charge on any atom is -0.356 e. The molecule has 1 aliphatic carbocycles. The molecule has 4 nitrogen and oxygen atoms in total. The third-order valence-corrected chi connectivity index (χ3v) is 5.71. The van der Waals surface area contributed by atoms with Gasteiger partial charge in [0.25, 0.3) is 5.56 Å². The van der Waals surface area contributed by atoms with E-state index in [1.807, 2.05) is 4.57 Å². The van der Waals surface area contributed by atoms with Gasteiger partial charge in [0.2, 0.25) is 5.95 Å². The molecule has 1 N–H and O–H groups in total. The molecule has 0 saturated heterocycles. The van der Waals surface area contributed by atoms with Crippen molar-refractivity contribution in [1.82, 2.24) is 9.55 Å². The third-order valence-electron chi connectivity index (χ3n) is 4.53. The van der Waals surface area contributed by atoms with Crippen LogP contribution in [0, 0.1) is 5.92 Å². The van der Waals surface area contributed by atoms with Gasteiger partial charge in [0.15, 0.2) is 0 Å². The highest BCUT2D eigenvalue weighted by atomic mass is 32.1. The van der Waals surface area contributed by atoms with Crippen molar-refractivity contribution < 1.29 is 0 Å². The lowest BCUT2D eigenvalue weighted by Gasteiger charge is -2.15. The molecule has 0 amide bonds. The van der Waals surface area contributed by atoms with Crippen LogP contribution in [0.2, 0.25) is 0 Å². The Bertz CT molecular complexity index is 745. The summed E-state index contributed by atoms with van der Waals surface area (Å²) in [7, 11) is 0. The van der Waals surface area contributed by atoms with Crippen molar-refractivity contribution in [3.05, 3.63) is 20.8 Å². The Morgan fingerprint density at radius 3 is 2.83 bits per heavy atom. The fourth-order valence-corrected chi connectivity index (χ4v) is 4.53. The molecule has 23 heavy (non-hydrogen) atoms. The fraction of sp³-hybridized carbons (Fsp3) is 0.667. The van der Waals surface area contributed by atoms with Crippen LogP contribution in [-0.2, 0) is 19.4 Å². The van der Waals surface area contributed by atoms with E-state index in [1.54, 1.807) is 11.3 Å². The summed E-state index contributed by atoms with van der Waals surface area (Å²) in [5.41, 5.74) is 1.44. The molecular weight excluding hydrogens is 306 g/mol. The van der Waals surface area contributed by atoms with Crippen molar-refractivity contribution in [2.75, 3.05) is 11.9 Å². The second-order valence-corrected chi connectivity index (χ2v) is 7.98. The number of rotatable bonds is 6. The number of nitrogens with zero attached hydrogens (tertiary/aromatic N) is 2. The molecule has 1 aliphatic rings. The summed E-state index contributed by atoms with van der Waals surface area (Å²) in [5, 5.41) is 4.30. The quantitative estimate of drug-likeness (QED) is 0.861. The summed E-state index contributed by atoms with van der Waals surface area (Å²) in [6.45, 7) is 8.13. The number of fused-ring (bicyclic) bond motifs is 3. The first-order valence-electron chi connectivity index (χ1n) is 8.90. The Kier molecular flexibility index (Phi) is 5.05. The van der Waals surface area contributed by atoms with Gasteiger partial charge in [-0.3, -0.25) is 9.36 Å². The van der Waals surface area contributed by atoms with Gasteiger partial charge < -0.3 is 5.32 Å². The molecule has 0 saturated carbocycles. The van der Waals surface area contributed by atoms with E-state index in [0.29, 0.717) is 5.92 Å². The highest BCUT2D eigenvalue weighted by Gasteiger charge is 2.21. The minimum absolute atomic E-state index is 0.156. The number of anilines is 1. The maximum absolute atomic E-state index is 13.1. The highest BCUT2D eigenvalue weighted by molar-refractivity contribution is 7.18.